The molecule has 0 aromatic carbocycles. The number of pyridine rings is 2. The SMILES string of the molecule is CC(Oc1cc(-c2cc3n(n2)CCC32CCN(C(=O)OC(C)(C)C)C2)cnc1N)c1ccncc1. The molecule has 1 amide bonds. The molecule has 2 aliphatic heterocycles. The number of nitrogen functional groups attached to an aromatic ring is 1. The maximum absolute atomic E-state index is 12.6. The first-order valence-corrected chi connectivity index (χ1v) is 12.0. The lowest BCUT2D eigenvalue weighted by atomic mass is 9.82. The van der Waals surface area contributed by atoms with Crippen molar-refractivity contribution in [3.05, 3.63) is 54.1 Å². The van der Waals surface area contributed by atoms with Crippen LogP contribution >= 0.6 is 0 Å². The molecule has 9 nitrogen and oxygen atoms in total. The van der Waals surface area contributed by atoms with Crippen molar-refractivity contribution < 1.29 is 14.3 Å². The molecular weight excluding hydrogens is 444 g/mol. The lowest BCUT2D eigenvalue weighted by molar-refractivity contribution is 0.0284. The summed E-state index contributed by atoms with van der Waals surface area (Å²) in [6.45, 7) is 9.79. The van der Waals surface area contributed by atoms with Gasteiger partial charge in [-0.25, -0.2) is 9.78 Å². The largest absolute Gasteiger partial charge is 0.482 e. The molecule has 3 aromatic rings. The normalized spacial score (nSPS) is 20.2. The molecule has 1 fully saturated rings. The highest BCUT2D eigenvalue weighted by Gasteiger charge is 2.47. The molecule has 0 aliphatic carbocycles. The van der Waals surface area contributed by atoms with Gasteiger partial charge in [-0.05, 0) is 70.4 Å². The van der Waals surface area contributed by atoms with Gasteiger partial charge in [0, 0.05) is 54.9 Å². The van der Waals surface area contributed by atoms with E-state index in [2.05, 4.69) is 20.7 Å². The highest BCUT2D eigenvalue weighted by molar-refractivity contribution is 5.69. The van der Waals surface area contributed by atoms with Gasteiger partial charge in [0.25, 0.3) is 0 Å². The lowest BCUT2D eigenvalue weighted by Crippen LogP contribution is -2.37. The Bertz CT molecular complexity index is 1240. The fourth-order valence-corrected chi connectivity index (χ4v) is 4.95. The minimum atomic E-state index is -0.506. The van der Waals surface area contributed by atoms with Crippen molar-refractivity contribution in [1.29, 1.82) is 0 Å². The minimum Gasteiger partial charge on any atom is -0.482 e. The molecule has 184 valence electrons. The van der Waals surface area contributed by atoms with Crippen molar-refractivity contribution in [2.75, 3.05) is 18.8 Å². The number of aromatic nitrogens is 4. The molecule has 3 aromatic heterocycles. The number of rotatable bonds is 4. The maximum Gasteiger partial charge on any atom is 0.410 e. The summed E-state index contributed by atoms with van der Waals surface area (Å²) < 4.78 is 13.8. The summed E-state index contributed by atoms with van der Waals surface area (Å²) in [5.74, 6) is 0.855. The standard InChI is InChI=1S/C26H32N6O3/c1-17(18-5-9-28-10-6-18)34-21-13-19(15-29-23(21)27)20-14-22-26(8-12-32(22)30-20)7-11-31(16-26)24(33)35-25(2,3)4/h5-6,9-10,13-15,17H,7-8,11-12,16H2,1-4H3,(H2,27,29). The Morgan fingerprint density at radius 3 is 2.66 bits per heavy atom. The predicted octanol–water partition coefficient (Wildman–Crippen LogP) is 4.34. The quantitative estimate of drug-likeness (QED) is 0.596. The van der Waals surface area contributed by atoms with E-state index < -0.39 is 5.60 Å². The Hall–Kier alpha value is -3.62. The number of hydrogen-bond acceptors (Lipinski definition) is 7. The fraction of sp³-hybridized carbons (Fsp3) is 0.462. The van der Waals surface area contributed by atoms with E-state index in [4.69, 9.17) is 20.3 Å². The van der Waals surface area contributed by atoms with E-state index in [1.807, 2.05) is 50.8 Å². The van der Waals surface area contributed by atoms with E-state index in [9.17, 15) is 4.79 Å². The summed E-state index contributed by atoms with van der Waals surface area (Å²) in [5.41, 5.74) is 9.34. The van der Waals surface area contributed by atoms with Crippen LogP contribution in [-0.2, 0) is 16.7 Å². The van der Waals surface area contributed by atoms with Gasteiger partial charge < -0.3 is 20.1 Å². The zero-order valence-corrected chi connectivity index (χ0v) is 20.7. The van der Waals surface area contributed by atoms with Gasteiger partial charge in [0.2, 0.25) is 0 Å². The number of hydrogen-bond donors (Lipinski definition) is 1. The Morgan fingerprint density at radius 2 is 1.91 bits per heavy atom. The zero-order valence-electron chi connectivity index (χ0n) is 20.7. The number of aryl methyl sites for hydroxylation is 1. The third-order valence-electron chi connectivity index (χ3n) is 6.79. The smallest absolute Gasteiger partial charge is 0.410 e. The van der Waals surface area contributed by atoms with Crippen LogP contribution in [0.5, 0.6) is 5.75 Å². The highest BCUT2D eigenvalue weighted by atomic mass is 16.6. The highest BCUT2D eigenvalue weighted by Crippen LogP contribution is 2.44. The molecular formula is C26H32N6O3. The van der Waals surface area contributed by atoms with E-state index >= 15 is 0 Å². The molecule has 35 heavy (non-hydrogen) atoms. The van der Waals surface area contributed by atoms with E-state index in [-0.39, 0.29) is 17.6 Å². The van der Waals surface area contributed by atoms with Gasteiger partial charge in [-0.3, -0.25) is 9.67 Å². The summed E-state index contributed by atoms with van der Waals surface area (Å²) >= 11 is 0. The second kappa shape index (κ2) is 8.55. The van der Waals surface area contributed by atoms with Gasteiger partial charge in [0.15, 0.2) is 11.6 Å². The summed E-state index contributed by atoms with van der Waals surface area (Å²) in [4.78, 5) is 22.9. The van der Waals surface area contributed by atoms with Crippen molar-refractivity contribution in [3.63, 3.8) is 0 Å². The van der Waals surface area contributed by atoms with E-state index in [0.717, 1.165) is 41.9 Å². The molecule has 2 unspecified atom stereocenters. The van der Waals surface area contributed by atoms with Gasteiger partial charge >= 0.3 is 6.09 Å². The van der Waals surface area contributed by atoms with Crippen LogP contribution in [0.15, 0.2) is 42.9 Å². The molecule has 0 radical (unpaired) electrons. The van der Waals surface area contributed by atoms with Gasteiger partial charge in [-0.2, -0.15) is 5.10 Å². The number of anilines is 1. The number of nitrogens with zero attached hydrogens (tertiary/aromatic N) is 5. The number of ether oxygens (including phenoxy) is 2. The van der Waals surface area contributed by atoms with Crippen LogP contribution in [0, 0.1) is 0 Å². The molecule has 0 saturated carbocycles. The van der Waals surface area contributed by atoms with Crippen molar-refractivity contribution in [2.45, 2.75) is 64.2 Å². The molecule has 2 N–H and O–H groups in total. The van der Waals surface area contributed by atoms with Crippen LogP contribution in [0.3, 0.4) is 0 Å². The first kappa shape index (κ1) is 23.1. The summed E-state index contributed by atoms with van der Waals surface area (Å²) in [6.07, 6.45) is 6.61. The van der Waals surface area contributed by atoms with Gasteiger partial charge in [-0.1, -0.05) is 0 Å². The Labute approximate surface area is 205 Å². The van der Waals surface area contributed by atoms with Crippen molar-refractivity contribution in [2.24, 2.45) is 0 Å². The average molecular weight is 477 g/mol. The molecule has 2 aliphatic rings. The molecule has 1 saturated heterocycles. The Morgan fingerprint density at radius 1 is 1.17 bits per heavy atom. The van der Waals surface area contributed by atoms with Crippen LogP contribution in [0.1, 0.15) is 57.9 Å². The van der Waals surface area contributed by atoms with Crippen molar-refractivity contribution >= 4 is 11.9 Å². The Kier molecular flexibility index (Phi) is 5.65. The van der Waals surface area contributed by atoms with E-state index in [1.54, 1.807) is 18.6 Å². The molecule has 0 bridgehead atoms. The number of nitrogens with two attached hydrogens (primary N) is 1. The number of likely N-dealkylation sites (tertiary alicyclic amines) is 1. The van der Waals surface area contributed by atoms with Crippen LogP contribution in [0.2, 0.25) is 0 Å². The Balaban J connectivity index is 1.36. The monoisotopic (exact) mass is 476 g/mol. The van der Waals surface area contributed by atoms with Crippen LogP contribution < -0.4 is 10.5 Å². The zero-order chi connectivity index (χ0) is 24.8. The molecule has 2 atom stereocenters. The second-order valence-corrected chi connectivity index (χ2v) is 10.5. The molecule has 1 spiro atoms. The lowest BCUT2D eigenvalue weighted by Gasteiger charge is -2.26. The van der Waals surface area contributed by atoms with E-state index in [0.29, 0.717) is 24.7 Å². The maximum atomic E-state index is 12.6. The van der Waals surface area contributed by atoms with Gasteiger partial charge in [-0.15, -0.1) is 0 Å². The number of amides is 1. The summed E-state index contributed by atoms with van der Waals surface area (Å²) in [7, 11) is 0. The third kappa shape index (κ3) is 4.54. The molecule has 5 rings (SSSR count). The van der Waals surface area contributed by atoms with Gasteiger partial charge in [0.1, 0.15) is 11.7 Å². The van der Waals surface area contributed by atoms with Gasteiger partial charge in [0.05, 0.1) is 5.69 Å². The van der Waals surface area contributed by atoms with Crippen molar-refractivity contribution in [3.8, 4) is 17.0 Å². The second-order valence-electron chi connectivity index (χ2n) is 10.5. The predicted molar refractivity (Wildman–Crippen MR) is 132 cm³/mol. The van der Waals surface area contributed by atoms with Crippen LogP contribution in [-0.4, -0.2) is 49.4 Å². The van der Waals surface area contributed by atoms with Crippen LogP contribution in [0.25, 0.3) is 11.3 Å². The topological polar surface area (TPSA) is 108 Å². The fourth-order valence-electron chi connectivity index (χ4n) is 4.95. The first-order chi connectivity index (χ1) is 16.6. The minimum absolute atomic E-state index is 0.0986. The van der Waals surface area contributed by atoms with Crippen molar-refractivity contribution in [1.82, 2.24) is 24.6 Å². The summed E-state index contributed by atoms with van der Waals surface area (Å²) in [5, 5.41) is 4.85. The number of carbonyl (C=O) groups excluding carboxylic acids is 1. The summed E-state index contributed by atoms with van der Waals surface area (Å²) in [6, 6.07) is 7.85. The molecule has 9 heteroatoms. The average Bonchev–Trinajstić information content (AvgIpc) is 3.52. The first-order valence-electron chi connectivity index (χ1n) is 12.0. The molecule has 5 heterocycles. The third-order valence-corrected chi connectivity index (χ3v) is 6.79. The van der Waals surface area contributed by atoms with E-state index in [1.165, 1.54) is 0 Å². The number of fused-ring (bicyclic) bond motifs is 2. The van der Waals surface area contributed by atoms with Crippen LogP contribution in [0.4, 0.5) is 10.6 Å². The number of carbonyl (C=O) groups is 1.